The molecular weight excluding hydrogens is 236 g/mol. The molecule has 0 bridgehead atoms. The maximum absolute atomic E-state index is 11.2. The maximum Gasteiger partial charge on any atom is 0.310 e. The Hall–Kier alpha value is -2.42. The molecule has 94 valence electrons. The third-order valence-electron chi connectivity index (χ3n) is 2.59. The van der Waals surface area contributed by atoms with E-state index in [2.05, 4.69) is 4.74 Å². The van der Waals surface area contributed by atoms with Crippen molar-refractivity contribution < 1.29 is 14.5 Å². The van der Waals surface area contributed by atoms with Crippen molar-refractivity contribution in [3.05, 3.63) is 38.9 Å². The lowest BCUT2D eigenvalue weighted by molar-refractivity contribution is -0.386. The summed E-state index contributed by atoms with van der Waals surface area (Å²) in [7, 11) is 1.22. The van der Waals surface area contributed by atoms with Crippen molar-refractivity contribution >= 4 is 11.7 Å². The van der Waals surface area contributed by atoms with E-state index in [1.165, 1.54) is 19.2 Å². The lowest BCUT2D eigenvalue weighted by atomic mass is 9.98. The van der Waals surface area contributed by atoms with Crippen LogP contribution in [0.2, 0.25) is 0 Å². The summed E-state index contributed by atoms with van der Waals surface area (Å²) in [5.74, 6) is -0.551. The van der Waals surface area contributed by atoms with Crippen LogP contribution in [-0.2, 0) is 22.4 Å². The number of carbonyl (C=O) groups is 1. The van der Waals surface area contributed by atoms with E-state index in [1.54, 1.807) is 6.92 Å². The topological polar surface area (TPSA) is 93.2 Å². The number of esters is 1. The monoisotopic (exact) mass is 248 g/mol. The first-order valence-electron chi connectivity index (χ1n) is 5.31. The summed E-state index contributed by atoms with van der Waals surface area (Å²) >= 11 is 0. The Morgan fingerprint density at radius 3 is 2.67 bits per heavy atom. The van der Waals surface area contributed by atoms with Crippen LogP contribution in [0.4, 0.5) is 5.69 Å². The highest BCUT2D eigenvalue weighted by Gasteiger charge is 2.23. The van der Waals surface area contributed by atoms with Gasteiger partial charge in [-0.3, -0.25) is 14.9 Å². The molecule has 0 aliphatic heterocycles. The smallest absolute Gasteiger partial charge is 0.310 e. The average molecular weight is 248 g/mol. The Bertz CT molecular complexity index is 532. The predicted octanol–water partition coefficient (Wildman–Crippen LogP) is 1.74. The van der Waals surface area contributed by atoms with E-state index < -0.39 is 10.9 Å². The van der Waals surface area contributed by atoms with Gasteiger partial charge in [-0.15, -0.1) is 0 Å². The van der Waals surface area contributed by atoms with Crippen LogP contribution < -0.4 is 0 Å². The van der Waals surface area contributed by atoms with Crippen molar-refractivity contribution in [1.82, 2.24) is 0 Å². The number of nitrogens with zero attached hydrogens (tertiary/aromatic N) is 2. The second kappa shape index (κ2) is 5.77. The lowest BCUT2D eigenvalue weighted by Crippen LogP contribution is -2.09. The van der Waals surface area contributed by atoms with Crippen molar-refractivity contribution in [2.24, 2.45) is 0 Å². The normalized spacial score (nSPS) is 9.61. The van der Waals surface area contributed by atoms with Crippen LogP contribution in [0.25, 0.3) is 0 Å². The standard InChI is InChI=1S/C12H12N2O4/c1-3-10-9(7-13)5-4-8(6-11(15)18-2)12(10)14(16)17/h4-5H,3,6H2,1-2H3. The Morgan fingerprint density at radius 1 is 1.56 bits per heavy atom. The molecule has 0 saturated heterocycles. The molecule has 0 spiro atoms. The van der Waals surface area contributed by atoms with Crippen LogP contribution in [0.1, 0.15) is 23.6 Å². The number of ether oxygens (including phenoxy) is 1. The first-order chi connectivity index (χ1) is 8.54. The van der Waals surface area contributed by atoms with Crippen LogP contribution in [0.15, 0.2) is 12.1 Å². The molecule has 0 amide bonds. The largest absolute Gasteiger partial charge is 0.469 e. The molecule has 1 aromatic carbocycles. The van der Waals surface area contributed by atoms with Crippen LogP contribution in [0, 0.1) is 21.4 Å². The van der Waals surface area contributed by atoms with Gasteiger partial charge in [0.1, 0.15) is 0 Å². The number of carbonyl (C=O) groups excluding carboxylic acids is 1. The van der Waals surface area contributed by atoms with E-state index in [1.807, 2.05) is 6.07 Å². The number of nitro benzene ring substituents is 1. The van der Waals surface area contributed by atoms with E-state index in [0.29, 0.717) is 12.0 Å². The Balaban J connectivity index is 3.40. The number of hydrogen-bond acceptors (Lipinski definition) is 5. The maximum atomic E-state index is 11.2. The fourth-order valence-corrected chi connectivity index (χ4v) is 1.75. The molecule has 6 nitrogen and oxygen atoms in total. The van der Waals surface area contributed by atoms with Crippen molar-refractivity contribution in [2.45, 2.75) is 19.8 Å². The van der Waals surface area contributed by atoms with Crippen LogP contribution in [0.3, 0.4) is 0 Å². The van der Waals surface area contributed by atoms with Crippen LogP contribution in [0.5, 0.6) is 0 Å². The first-order valence-corrected chi connectivity index (χ1v) is 5.31. The van der Waals surface area contributed by atoms with Crippen molar-refractivity contribution in [3.63, 3.8) is 0 Å². The number of rotatable bonds is 4. The van der Waals surface area contributed by atoms with E-state index in [0.717, 1.165) is 0 Å². The number of nitro groups is 1. The molecule has 0 aromatic heterocycles. The van der Waals surface area contributed by atoms with Gasteiger partial charge in [-0.2, -0.15) is 5.26 Å². The van der Waals surface area contributed by atoms with Gasteiger partial charge >= 0.3 is 5.97 Å². The van der Waals surface area contributed by atoms with Gasteiger partial charge in [0.2, 0.25) is 0 Å². The first kappa shape index (κ1) is 13.6. The summed E-state index contributed by atoms with van der Waals surface area (Å²) < 4.78 is 4.49. The molecule has 0 atom stereocenters. The zero-order valence-corrected chi connectivity index (χ0v) is 10.1. The second-order valence-electron chi connectivity index (χ2n) is 3.57. The van der Waals surface area contributed by atoms with E-state index in [4.69, 9.17) is 5.26 Å². The molecule has 6 heteroatoms. The van der Waals surface area contributed by atoms with Gasteiger partial charge in [0.05, 0.1) is 30.1 Å². The SMILES string of the molecule is CCc1c(C#N)ccc(CC(=O)OC)c1[N+](=O)[O-]. The van der Waals surface area contributed by atoms with E-state index in [-0.39, 0.29) is 23.2 Å². The van der Waals surface area contributed by atoms with Gasteiger partial charge in [-0.25, -0.2) is 0 Å². The fraction of sp³-hybridized carbons (Fsp3) is 0.333. The van der Waals surface area contributed by atoms with Crippen LogP contribution >= 0.6 is 0 Å². The third-order valence-corrected chi connectivity index (χ3v) is 2.59. The number of benzene rings is 1. The van der Waals surface area contributed by atoms with Gasteiger partial charge in [0.25, 0.3) is 5.69 Å². The zero-order chi connectivity index (χ0) is 13.7. The fourth-order valence-electron chi connectivity index (χ4n) is 1.75. The molecule has 0 fully saturated rings. The van der Waals surface area contributed by atoms with E-state index >= 15 is 0 Å². The summed E-state index contributed by atoms with van der Waals surface area (Å²) in [5, 5.41) is 20.0. The summed E-state index contributed by atoms with van der Waals surface area (Å²) in [5.41, 5.74) is 0.714. The number of methoxy groups -OCH3 is 1. The number of nitriles is 1. The summed E-state index contributed by atoms with van der Waals surface area (Å²) in [6.07, 6.45) is 0.180. The minimum atomic E-state index is -0.558. The average Bonchev–Trinajstić information content (AvgIpc) is 2.37. The highest BCUT2D eigenvalue weighted by atomic mass is 16.6. The molecule has 0 radical (unpaired) electrons. The molecule has 0 aliphatic rings. The van der Waals surface area contributed by atoms with Crippen molar-refractivity contribution in [3.8, 4) is 6.07 Å². The molecule has 0 aliphatic carbocycles. The molecule has 0 saturated carbocycles. The highest BCUT2D eigenvalue weighted by Crippen LogP contribution is 2.28. The molecule has 0 N–H and O–H groups in total. The Morgan fingerprint density at radius 2 is 2.22 bits per heavy atom. The van der Waals surface area contributed by atoms with Crippen molar-refractivity contribution in [2.75, 3.05) is 7.11 Å². The van der Waals surface area contributed by atoms with Gasteiger partial charge < -0.3 is 4.74 Å². The quantitative estimate of drug-likeness (QED) is 0.459. The highest BCUT2D eigenvalue weighted by molar-refractivity contribution is 5.75. The molecule has 1 rings (SSSR count). The van der Waals surface area contributed by atoms with E-state index in [9.17, 15) is 14.9 Å². The van der Waals surface area contributed by atoms with Gasteiger partial charge in [0.15, 0.2) is 0 Å². The molecule has 0 heterocycles. The van der Waals surface area contributed by atoms with Crippen LogP contribution in [-0.4, -0.2) is 18.0 Å². The number of hydrogen-bond donors (Lipinski definition) is 0. The second-order valence-corrected chi connectivity index (χ2v) is 3.57. The molecule has 1 aromatic rings. The minimum absolute atomic E-state index is 0.165. The summed E-state index contributed by atoms with van der Waals surface area (Å²) in [6.45, 7) is 1.73. The molecule has 18 heavy (non-hydrogen) atoms. The predicted molar refractivity (Wildman–Crippen MR) is 62.9 cm³/mol. The van der Waals surface area contributed by atoms with Crippen molar-refractivity contribution in [1.29, 1.82) is 5.26 Å². The van der Waals surface area contributed by atoms with Gasteiger partial charge in [-0.05, 0) is 12.5 Å². The van der Waals surface area contributed by atoms with Gasteiger partial charge in [0, 0.05) is 11.1 Å². The summed E-state index contributed by atoms with van der Waals surface area (Å²) in [4.78, 5) is 21.7. The summed E-state index contributed by atoms with van der Waals surface area (Å²) in [6, 6.07) is 4.83. The minimum Gasteiger partial charge on any atom is -0.469 e. The third kappa shape index (κ3) is 2.63. The Labute approximate surface area is 104 Å². The molecule has 0 unspecified atom stereocenters. The van der Waals surface area contributed by atoms with Gasteiger partial charge in [-0.1, -0.05) is 13.0 Å². The lowest BCUT2D eigenvalue weighted by Gasteiger charge is -2.07. The Kier molecular flexibility index (Phi) is 4.38. The zero-order valence-electron chi connectivity index (χ0n) is 10.1. The molecular formula is C12H12N2O4.